The van der Waals surface area contributed by atoms with Crippen LogP contribution in [0.25, 0.3) is 0 Å². The molecule has 0 aliphatic heterocycles. The second-order valence-corrected chi connectivity index (χ2v) is 4.22. The summed E-state index contributed by atoms with van der Waals surface area (Å²) in [6, 6.07) is 7.28. The minimum atomic E-state index is 0.458. The molecule has 0 unspecified atom stereocenters. The van der Waals surface area contributed by atoms with Crippen molar-refractivity contribution in [2.45, 2.75) is 0 Å². The van der Waals surface area contributed by atoms with Crippen molar-refractivity contribution in [2.24, 2.45) is 0 Å². The lowest BCUT2D eigenvalue weighted by molar-refractivity contribution is 1.14. The van der Waals surface area contributed by atoms with Crippen LogP contribution in [0, 0.1) is 0 Å². The molecule has 0 bridgehead atoms. The van der Waals surface area contributed by atoms with Crippen molar-refractivity contribution in [1.82, 2.24) is 9.97 Å². The molecule has 0 saturated carbocycles. The molecule has 0 amide bonds. The van der Waals surface area contributed by atoms with Crippen molar-refractivity contribution in [2.75, 3.05) is 22.9 Å². The van der Waals surface area contributed by atoms with Gasteiger partial charge in [0.15, 0.2) is 11.6 Å². The highest BCUT2D eigenvalue weighted by Crippen LogP contribution is 2.26. The van der Waals surface area contributed by atoms with E-state index in [1.54, 1.807) is 18.2 Å². The molecular weight excluding hydrogens is 262 g/mol. The molecule has 6 heteroatoms. The molecule has 0 aliphatic rings. The number of nitrogens with zero attached hydrogens (tertiary/aromatic N) is 2. The number of hydrogen-bond donors (Lipinski definition) is 3. The van der Waals surface area contributed by atoms with E-state index in [0.29, 0.717) is 28.9 Å². The van der Waals surface area contributed by atoms with Gasteiger partial charge in [0, 0.05) is 17.3 Å². The third kappa shape index (κ3) is 3.35. The molecule has 2 aromatic rings. The summed E-state index contributed by atoms with van der Waals surface area (Å²) >= 11 is 5.83. The second kappa shape index (κ2) is 6.06. The van der Waals surface area contributed by atoms with Gasteiger partial charge in [-0.3, -0.25) is 0 Å². The van der Waals surface area contributed by atoms with Gasteiger partial charge in [-0.05, 0) is 24.3 Å². The Labute approximate surface area is 116 Å². The molecule has 19 heavy (non-hydrogen) atoms. The van der Waals surface area contributed by atoms with Crippen LogP contribution in [0.1, 0.15) is 0 Å². The number of nitrogens with one attached hydrogen (secondary N) is 2. The molecule has 0 radical (unpaired) electrons. The fourth-order valence-corrected chi connectivity index (χ4v) is 1.60. The first-order chi connectivity index (χ1) is 9.20. The maximum atomic E-state index is 5.99. The maximum Gasteiger partial charge on any atom is 0.159 e. The standard InChI is InChI=1S/C13H14ClN5/c1-2-7-16-12-11(15)13(18-8-17-12)19-10-5-3-9(14)4-6-10/h2-6,8H,1,7,15H2,(H2,16,17,18,19). The van der Waals surface area contributed by atoms with Crippen LogP contribution in [0.5, 0.6) is 0 Å². The highest BCUT2D eigenvalue weighted by molar-refractivity contribution is 6.30. The van der Waals surface area contributed by atoms with Crippen LogP contribution in [-0.2, 0) is 0 Å². The summed E-state index contributed by atoms with van der Waals surface area (Å²) in [5.41, 5.74) is 7.30. The molecule has 2 rings (SSSR count). The largest absolute Gasteiger partial charge is 0.393 e. The smallest absolute Gasteiger partial charge is 0.159 e. The first kappa shape index (κ1) is 13.2. The van der Waals surface area contributed by atoms with Gasteiger partial charge < -0.3 is 16.4 Å². The van der Waals surface area contributed by atoms with Crippen molar-refractivity contribution < 1.29 is 0 Å². The summed E-state index contributed by atoms with van der Waals surface area (Å²) < 4.78 is 0. The first-order valence-electron chi connectivity index (χ1n) is 5.68. The highest BCUT2D eigenvalue weighted by atomic mass is 35.5. The van der Waals surface area contributed by atoms with Crippen LogP contribution in [-0.4, -0.2) is 16.5 Å². The second-order valence-electron chi connectivity index (χ2n) is 3.79. The lowest BCUT2D eigenvalue weighted by atomic mass is 10.3. The van der Waals surface area contributed by atoms with E-state index in [2.05, 4.69) is 27.2 Å². The number of nitrogen functional groups attached to an aromatic ring is 1. The Bertz CT molecular complexity index is 568. The SMILES string of the molecule is C=CCNc1ncnc(Nc2ccc(Cl)cc2)c1N. The molecular formula is C13H14ClN5. The fourth-order valence-electron chi connectivity index (χ4n) is 1.47. The molecule has 0 aliphatic carbocycles. The summed E-state index contributed by atoms with van der Waals surface area (Å²) in [6.45, 7) is 4.21. The van der Waals surface area contributed by atoms with Crippen LogP contribution in [0.2, 0.25) is 5.02 Å². The zero-order valence-electron chi connectivity index (χ0n) is 10.2. The summed E-state index contributed by atoms with van der Waals surface area (Å²) in [5, 5.41) is 6.83. The molecule has 0 saturated heterocycles. The lowest BCUT2D eigenvalue weighted by Gasteiger charge is -2.11. The first-order valence-corrected chi connectivity index (χ1v) is 6.06. The zero-order valence-corrected chi connectivity index (χ0v) is 11.0. The van der Waals surface area contributed by atoms with Gasteiger partial charge in [0.2, 0.25) is 0 Å². The predicted molar refractivity (Wildman–Crippen MR) is 79.9 cm³/mol. The van der Waals surface area contributed by atoms with Crippen molar-refractivity contribution >= 4 is 34.6 Å². The topological polar surface area (TPSA) is 75.9 Å². The van der Waals surface area contributed by atoms with Crippen LogP contribution in [0.3, 0.4) is 0 Å². The normalized spacial score (nSPS) is 9.95. The van der Waals surface area contributed by atoms with E-state index < -0.39 is 0 Å². The molecule has 1 heterocycles. The van der Waals surface area contributed by atoms with Crippen LogP contribution in [0.15, 0.2) is 43.2 Å². The quantitative estimate of drug-likeness (QED) is 0.731. The van der Waals surface area contributed by atoms with Gasteiger partial charge in [-0.2, -0.15) is 0 Å². The van der Waals surface area contributed by atoms with E-state index in [0.717, 1.165) is 5.69 Å². The highest BCUT2D eigenvalue weighted by Gasteiger charge is 2.07. The molecule has 5 nitrogen and oxygen atoms in total. The molecule has 1 aromatic carbocycles. The van der Waals surface area contributed by atoms with Gasteiger partial charge in [-0.25, -0.2) is 9.97 Å². The molecule has 0 atom stereocenters. The third-order valence-electron chi connectivity index (χ3n) is 2.40. The van der Waals surface area contributed by atoms with Gasteiger partial charge >= 0.3 is 0 Å². The van der Waals surface area contributed by atoms with E-state index in [1.165, 1.54) is 6.33 Å². The Balaban J connectivity index is 2.20. The number of nitrogens with two attached hydrogens (primary N) is 1. The fraction of sp³-hybridized carbons (Fsp3) is 0.0769. The van der Waals surface area contributed by atoms with Gasteiger partial charge in [0.25, 0.3) is 0 Å². The number of halogens is 1. The van der Waals surface area contributed by atoms with Crippen LogP contribution >= 0.6 is 11.6 Å². The Hall–Kier alpha value is -2.27. The summed E-state index contributed by atoms with van der Waals surface area (Å²) in [5.74, 6) is 1.12. The Kier molecular flexibility index (Phi) is 4.20. The molecule has 4 N–H and O–H groups in total. The van der Waals surface area contributed by atoms with E-state index in [9.17, 15) is 0 Å². The number of rotatable bonds is 5. The number of benzene rings is 1. The van der Waals surface area contributed by atoms with E-state index >= 15 is 0 Å². The van der Waals surface area contributed by atoms with Gasteiger partial charge in [0.1, 0.15) is 12.0 Å². The van der Waals surface area contributed by atoms with Gasteiger partial charge in [-0.1, -0.05) is 17.7 Å². The minimum absolute atomic E-state index is 0.458. The predicted octanol–water partition coefficient (Wildman–Crippen LogP) is 3.05. The van der Waals surface area contributed by atoms with Crippen molar-refractivity contribution in [1.29, 1.82) is 0 Å². The van der Waals surface area contributed by atoms with Crippen LogP contribution < -0.4 is 16.4 Å². The van der Waals surface area contributed by atoms with Gasteiger partial charge in [0.05, 0.1) is 0 Å². The number of hydrogen-bond acceptors (Lipinski definition) is 5. The number of anilines is 4. The average molecular weight is 276 g/mol. The molecule has 0 fully saturated rings. The average Bonchev–Trinajstić information content (AvgIpc) is 2.42. The zero-order chi connectivity index (χ0) is 13.7. The van der Waals surface area contributed by atoms with E-state index in [-0.39, 0.29) is 0 Å². The molecule has 0 spiro atoms. The van der Waals surface area contributed by atoms with E-state index in [4.69, 9.17) is 17.3 Å². The Morgan fingerprint density at radius 2 is 1.89 bits per heavy atom. The monoisotopic (exact) mass is 275 g/mol. The van der Waals surface area contributed by atoms with E-state index in [1.807, 2.05) is 12.1 Å². The summed E-state index contributed by atoms with van der Waals surface area (Å²) in [7, 11) is 0. The molecule has 98 valence electrons. The number of aromatic nitrogens is 2. The van der Waals surface area contributed by atoms with Crippen molar-refractivity contribution in [3.8, 4) is 0 Å². The summed E-state index contributed by atoms with van der Waals surface area (Å²) in [4.78, 5) is 8.19. The maximum absolute atomic E-state index is 5.99. The lowest BCUT2D eigenvalue weighted by Crippen LogP contribution is -2.07. The van der Waals surface area contributed by atoms with Gasteiger partial charge in [-0.15, -0.1) is 6.58 Å². The minimum Gasteiger partial charge on any atom is -0.393 e. The molecule has 1 aromatic heterocycles. The Morgan fingerprint density at radius 1 is 1.21 bits per heavy atom. The summed E-state index contributed by atoms with van der Waals surface area (Å²) in [6.07, 6.45) is 3.17. The third-order valence-corrected chi connectivity index (χ3v) is 2.66. The van der Waals surface area contributed by atoms with Crippen LogP contribution in [0.4, 0.5) is 23.0 Å². The van der Waals surface area contributed by atoms with Crippen molar-refractivity contribution in [3.05, 3.63) is 48.3 Å². The Morgan fingerprint density at radius 3 is 2.58 bits per heavy atom. The van der Waals surface area contributed by atoms with Crippen molar-refractivity contribution in [3.63, 3.8) is 0 Å².